The zero-order chi connectivity index (χ0) is 21.1. The van der Waals surface area contributed by atoms with E-state index in [-0.39, 0.29) is 52.6 Å². The Morgan fingerprint density at radius 2 is 1.63 bits per heavy atom. The van der Waals surface area contributed by atoms with Gasteiger partial charge in [0.2, 0.25) is 0 Å². The first-order valence-electron chi connectivity index (χ1n) is 12.1. The summed E-state index contributed by atoms with van der Waals surface area (Å²) >= 11 is 0. The van der Waals surface area contributed by atoms with Crippen LogP contribution in [0.25, 0.3) is 0 Å². The molecule has 4 saturated carbocycles. The summed E-state index contributed by atoms with van der Waals surface area (Å²) in [5, 5.41) is 32.8. The monoisotopic (exact) mass is 428 g/mol. The standard InChI is InChI=1S/C25H42O4.Na/c1-14(11-15(2)23(28)29)18-5-6-19-22-20(8-10-25(18,19)4)24(3)9-7-17(26)12-16(24)13-21(22)27;/h14-22,26-27H,5-13H2,1-4H3,(H,28,29);/q;+1/p-1/t14-,15?,16+,17-,18-,19?,20?,21+,22?,24+,25-;/m1./s1. The molecule has 4 nitrogen and oxygen atoms in total. The van der Waals surface area contributed by atoms with Crippen LogP contribution >= 0.6 is 0 Å². The number of aliphatic hydroxyl groups excluding tert-OH is 2. The summed E-state index contributed by atoms with van der Waals surface area (Å²) in [5.41, 5.74) is 0.474. The van der Waals surface area contributed by atoms with Crippen LogP contribution in [0.4, 0.5) is 0 Å². The van der Waals surface area contributed by atoms with Crippen molar-refractivity contribution in [2.45, 2.75) is 97.7 Å². The summed E-state index contributed by atoms with van der Waals surface area (Å²) in [6, 6.07) is 0. The first-order chi connectivity index (χ1) is 13.6. The second kappa shape index (κ2) is 8.97. The number of carboxylic acid groups (broad SMARTS) is 1. The first kappa shape index (κ1) is 25.0. The van der Waals surface area contributed by atoms with Gasteiger partial charge < -0.3 is 20.1 Å². The van der Waals surface area contributed by atoms with Crippen molar-refractivity contribution in [3.8, 4) is 0 Å². The van der Waals surface area contributed by atoms with Gasteiger partial charge in [0.05, 0.1) is 12.2 Å². The van der Waals surface area contributed by atoms with Gasteiger partial charge >= 0.3 is 29.6 Å². The molecule has 0 bridgehead atoms. The van der Waals surface area contributed by atoms with Gasteiger partial charge in [-0.2, -0.15) is 0 Å². The SMILES string of the molecule is CC(C[C@@H](C)[C@H]1CCC2C3C(CC[C@@]21C)[C@@]1(C)CC[C@@H](O)C[C@H]1C[C@@H]3O)C(=O)[O-].[Na+]. The minimum Gasteiger partial charge on any atom is -0.550 e. The van der Waals surface area contributed by atoms with Crippen LogP contribution in [0, 0.1) is 52.3 Å². The maximum Gasteiger partial charge on any atom is 1.00 e. The quantitative estimate of drug-likeness (QED) is 0.635. The fraction of sp³-hybridized carbons (Fsp3) is 0.960. The number of rotatable bonds is 4. The first-order valence-corrected chi connectivity index (χ1v) is 12.1. The Kier molecular flexibility index (Phi) is 7.48. The molecule has 4 aliphatic rings. The second-order valence-corrected chi connectivity index (χ2v) is 11.9. The summed E-state index contributed by atoms with van der Waals surface area (Å²) in [6.45, 7) is 8.91. The number of fused-ring (bicyclic) bond motifs is 5. The molecule has 2 N–H and O–H groups in total. The molecule has 4 aliphatic carbocycles. The van der Waals surface area contributed by atoms with Gasteiger partial charge in [0.1, 0.15) is 0 Å². The zero-order valence-corrected chi connectivity index (χ0v) is 21.8. The Labute approximate surface area is 204 Å². The predicted molar refractivity (Wildman–Crippen MR) is 111 cm³/mol. The Balaban J connectivity index is 0.00000256. The summed E-state index contributed by atoms with van der Waals surface area (Å²) in [7, 11) is 0. The Morgan fingerprint density at radius 3 is 2.30 bits per heavy atom. The normalized spacial score (nSPS) is 49.7. The van der Waals surface area contributed by atoms with Crippen molar-refractivity contribution in [3.63, 3.8) is 0 Å². The number of carboxylic acids is 1. The van der Waals surface area contributed by atoms with E-state index in [9.17, 15) is 20.1 Å². The molecular formula is C25H41NaO4. The smallest absolute Gasteiger partial charge is 0.550 e. The molecule has 0 saturated heterocycles. The van der Waals surface area contributed by atoms with Crippen LogP contribution in [0.15, 0.2) is 0 Å². The van der Waals surface area contributed by atoms with Gasteiger partial charge in [0, 0.05) is 5.97 Å². The van der Waals surface area contributed by atoms with E-state index in [1.165, 1.54) is 19.3 Å². The molecule has 5 heteroatoms. The number of hydrogen-bond donors (Lipinski definition) is 2. The van der Waals surface area contributed by atoms with Gasteiger partial charge in [-0.1, -0.05) is 27.7 Å². The maximum atomic E-state index is 11.3. The minimum absolute atomic E-state index is 0. The van der Waals surface area contributed by atoms with E-state index in [1.807, 2.05) is 0 Å². The van der Waals surface area contributed by atoms with Gasteiger partial charge in [-0.05, 0) is 110 Å². The van der Waals surface area contributed by atoms with Crippen molar-refractivity contribution >= 4 is 5.97 Å². The third-order valence-electron chi connectivity index (χ3n) is 10.5. The van der Waals surface area contributed by atoms with Crippen molar-refractivity contribution in [2.24, 2.45) is 52.3 Å². The van der Waals surface area contributed by atoms with E-state index in [1.54, 1.807) is 6.92 Å². The molecule has 4 rings (SSSR count). The Bertz CT molecular complexity index is 641. The van der Waals surface area contributed by atoms with Crippen LogP contribution in [-0.4, -0.2) is 28.4 Å². The third-order valence-corrected chi connectivity index (χ3v) is 10.5. The largest absolute Gasteiger partial charge is 1.00 e. The fourth-order valence-electron chi connectivity index (χ4n) is 8.99. The van der Waals surface area contributed by atoms with Crippen molar-refractivity contribution in [1.82, 2.24) is 0 Å². The molecule has 4 unspecified atom stereocenters. The molecule has 4 fully saturated rings. The summed E-state index contributed by atoms with van der Waals surface area (Å²) in [4.78, 5) is 11.3. The van der Waals surface area contributed by atoms with Crippen LogP contribution in [0.2, 0.25) is 0 Å². The predicted octanol–water partition coefficient (Wildman–Crippen LogP) is 0.393. The molecule has 0 aromatic rings. The van der Waals surface area contributed by atoms with E-state index in [0.29, 0.717) is 41.9 Å². The molecule has 0 aromatic carbocycles. The van der Waals surface area contributed by atoms with E-state index in [0.717, 1.165) is 32.1 Å². The van der Waals surface area contributed by atoms with Crippen LogP contribution in [0.1, 0.15) is 85.5 Å². The molecule has 0 spiro atoms. The second-order valence-electron chi connectivity index (χ2n) is 11.9. The van der Waals surface area contributed by atoms with Crippen molar-refractivity contribution < 1.29 is 49.7 Å². The molecule has 166 valence electrons. The van der Waals surface area contributed by atoms with E-state index < -0.39 is 11.9 Å². The summed E-state index contributed by atoms with van der Waals surface area (Å²) in [6.07, 6.45) is 8.70. The van der Waals surface area contributed by atoms with E-state index >= 15 is 0 Å². The molecule has 0 amide bonds. The molecule has 11 atom stereocenters. The fourth-order valence-corrected chi connectivity index (χ4v) is 8.99. The van der Waals surface area contributed by atoms with Crippen LogP contribution < -0.4 is 34.7 Å². The van der Waals surface area contributed by atoms with Gasteiger partial charge in [-0.15, -0.1) is 0 Å². The number of carbonyl (C=O) groups is 1. The third kappa shape index (κ3) is 3.95. The molecule has 0 aromatic heterocycles. The van der Waals surface area contributed by atoms with Gasteiger partial charge in [-0.25, -0.2) is 0 Å². The molecule has 0 radical (unpaired) electrons. The molecule has 0 heterocycles. The number of carbonyl (C=O) groups excluding carboxylic acids is 1. The van der Waals surface area contributed by atoms with Crippen molar-refractivity contribution in [2.75, 3.05) is 0 Å². The van der Waals surface area contributed by atoms with Crippen LogP contribution in [-0.2, 0) is 4.79 Å². The van der Waals surface area contributed by atoms with Crippen molar-refractivity contribution in [3.05, 3.63) is 0 Å². The number of aliphatic hydroxyl groups is 2. The average molecular weight is 429 g/mol. The topological polar surface area (TPSA) is 80.6 Å². The van der Waals surface area contributed by atoms with Gasteiger partial charge in [-0.3, -0.25) is 0 Å². The van der Waals surface area contributed by atoms with Crippen LogP contribution in [0.5, 0.6) is 0 Å². The number of aliphatic carboxylic acids is 1. The number of hydrogen-bond acceptors (Lipinski definition) is 4. The van der Waals surface area contributed by atoms with Crippen LogP contribution in [0.3, 0.4) is 0 Å². The molecule has 0 aliphatic heterocycles. The van der Waals surface area contributed by atoms with E-state index in [2.05, 4.69) is 20.8 Å². The van der Waals surface area contributed by atoms with E-state index in [4.69, 9.17) is 0 Å². The maximum absolute atomic E-state index is 11.3. The molecule has 30 heavy (non-hydrogen) atoms. The molecular weight excluding hydrogens is 387 g/mol. The zero-order valence-electron chi connectivity index (χ0n) is 19.8. The summed E-state index contributed by atoms with van der Waals surface area (Å²) < 4.78 is 0. The van der Waals surface area contributed by atoms with Gasteiger partial charge in [0.25, 0.3) is 0 Å². The minimum atomic E-state index is -0.929. The Hall–Kier alpha value is 0.390. The average Bonchev–Trinajstić information content (AvgIpc) is 3.00. The van der Waals surface area contributed by atoms with Crippen molar-refractivity contribution in [1.29, 1.82) is 0 Å². The Morgan fingerprint density at radius 1 is 1.00 bits per heavy atom. The summed E-state index contributed by atoms with van der Waals surface area (Å²) in [5.74, 6) is 1.54. The van der Waals surface area contributed by atoms with Gasteiger partial charge in [0.15, 0.2) is 0 Å².